The summed E-state index contributed by atoms with van der Waals surface area (Å²) in [6, 6.07) is 5.61. The molecule has 2 aliphatic rings. The Labute approximate surface area is 159 Å². The molecule has 0 bridgehead atoms. The summed E-state index contributed by atoms with van der Waals surface area (Å²) in [5.74, 6) is -2.32. The molecule has 1 aliphatic heterocycles. The van der Waals surface area contributed by atoms with E-state index in [1.54, 1.807) is 24.3 Å². The van der Waals surface area contributed by atoms with Crippen molar-refractivity contribution in [2.24, 2.45) is 11.8 Å². The number of allylic oxidation sites excluding steroid dienone is 2. The third-order valence-corrected chi connectivity index (χ3v) is 5.23. The van der Waals surface area contributed by atoms with Gasteiger partial charge in [-0.3, -0.25) is 19.3 Å². The smallest absolute Gasteiger partial charge is 0.330 e. The van der Waals surface area contributed by atoms with Gasteiger partial charge in [0, 0.05) is 0 Å². The van der Waals surface area contributed by atoms with Crippen LogP contribution in [0.3, 0.4) is 0 Å². The predicted molar refractivity (Wildman–Crippen MR) is 96.6 cm³/mol. The number of ether oxygens (including phenoxy) is 1. The van der Waals surface area contributed by atoms with E-state index in [9.17, 15) is 19.2 Å². The van der Waals surface area contributed by atoms with Crippen LogP contribution < -0.4 is 5.56 Å². The quantitative estimate of drug-likeness (QED) is 0.433. The van der Waals surface area contributed by atoms with Gasteiger partial charge in [0.15, 0.2) is 6.73 Å². The van der Waals surface area contributed by atoms with Crippen LogP contribution in [0, 0.1) is 11.8 Å². The number of benzene rings is 1. The fourth-order valence-electron chi connectivity index (χ4n) is 3.67. The molecule has 144 valence electrons. The number of rotatable bonds is 4. The highest BCUT2D eigenvalue weighted by Crippen LogP contribution is 2.36. The number of amides is 2. The normalized spacial score (nSPS) is 22.4. The first-order valence-electron chi connectivity index (χ1n) is 9.00. The molecular weight excluding hydrogens is 364 g/mol. The molecule has 2 amide bonds. The molecule has 0 saturated carbocycles. The third kappa shape index (κ3) is 2.88. The number of hydrogen-bond acceptors (Lipinski definition) is 7. The lowest BCUT2D eigenvalue weighted by Gasteiger charge is -2.21. The van der Waals surface area contributed by atoms with E-state index in [4.69, 9.17) is 4.74 Å². The number of fused-ring (bicyclic) bond motifs is 2. The van der Waals surface area contributed by atoms with Crippen LogP contribution in [0.2, 0.25) is 0 Å². The standard InChI is InChI=1S/C19H18N4O5/c1-11(23-17(25)12-6-2-3-7-13(12)18(23)26)19(27)28-10-22-16(24)14-8-4-5-9-15(14)20-21-22/h2-5,8-9,11-13H,6-7,10H2,1H3. The maximum Gasteiger partial charge on any atom is 0.330 e. The lowest BCUT2D eigenvalue weighted by atomic mass is 9.85. The highest BCUT2D eigenvalue weighted by molar-refractivity contribution is 6.08. The molecule has 0 N–H and O–H groups in total. The predicted octanol–water partition coefficient (Wildman–Crippen LogP) is 0.632. The van der Waals surface area contributed by atoms with Crippen LogP contribution >= 0.6 is 0 Å². The van der Waals surface area contributed by atoms with Crippen LogP contribution in [0.5, 0.6) is 0 Å². The Bertz CT molecular complexity index is 1030. The Kier molecular flexibility index (Phi) is 4.50. The van der Waals surface area contributed by atoms with Crippen LogP contribution in [0.25, 0.3) is 10.9 Å². The van der Waals surface area contributed by atoms with Crippen molar-refractivity contribution in [3.63, 3.8) is 0 Å². The second-order valence-electron chi connectivity index (χ2n) is 6.88. The number of carbonyl (C=O) groups excluding carboxylic acids is 3. The van der Waals surface area contributed by atoms with Crippen LogP contribution in [0.1, 0.15) is 19.8 Å². The topological polar surface area (TPSA) is 111 Å². The zero-order valence-corrected chi connectivity index (χ0v) is 15.1. The van der Waals surface area contributed by atoms with Gasteiger partial charge in [0.25, 0.3) is 5.56 Å². The van der Waals surface area contributed by atoms with Crippen LogP contribution in [-0.2, 0) is 25.9 Å². The summed E-state index contributed by atoms with van der Waals surface area (Å²) in [6.45, 7) is 0.988. The van der Waals surface area contributed by atoms with Crippen molar-refractivity contribution in [2.75, 3.05) is 0 Å². The Hall–Kier alpha value is -3.36. The van der Waals surface area contributed by atoms with Gasteiger partial charge in [-0.05, 0) is 31.9 Å². The molecule has 1 aromatic heterocycles. The fraction of sp³-hybridized carbons (Fsp3) is 0.368. The van der Waals surface area contributed by atoms with Crippen molar-refractivity contribution in [1.82, 2.24) is 19.9 Å². The maximum atomic E-state index is 12.6. The monoisotopic (exact) mass is 382 g/mol. The van der Waals surface area contributed by atoms with E-state index in [1.807, 2.05) is 12.2 Å². The van der Waals surface area contributed by atoms with Gasteiger partial charge in [0.2, 0.25) is 11.8 Å². The van der Waals surface area contributed by atoms with Crippen molar-refractivity contribution in [3.8, 4) is 0 Å². The first kappa shape index (κ1) is 18.0. The number of hydrogen-bond donors (Lipinski definition) is 0. The minimum absolute atomic E-state index is 0.350. The fourth-order valence-corrected chi connectivity index (χ4v) is 3.67. The zero-order valence-electron chi connectivity index (χ0n) is 15.1. The molecule has 3 unspecified atom stereocenters. The number of nitrogens with zero attached hydrogens (tertiary/aromatic N) is 4. The molecule has 28 heavy (non-hydrogen) atoms. The number of esters is 1. The molecule has 2 aromatic rings. The van der Waals surface area contributed by atoms with Gasteiger partial charge < -0.3 is 4.74 Å². The average molecular weight is 382 g/mol. The van der Waals surface area contributed by atoms with Crippen molar-refractivity contribution in [3.05, 3.63) is 46.8 Å². The molecule has 3 atom stereocenters. The minimum atomic E-state index is -1.07. The Balaban J connectivity index is 1.47. The molecule has 9 heteroatoms. The molecular formula is C19H18N4O5. The molecule has 1 saturated heterocycles. The molecule has 9 nitrogen and oxygen atoms in total. The minimum Gasteiger partial charge on any atom is -0.441 e. The lowest BCUT2D eigenvalue weighted by molar-refractivity contribution is -0.161. The molecule has 2 heterocycles. The summed E-state index contributed by atoms with van der Waals surface area (Å²) in [6.07, 6.45) is 4.75. The van der Waals surface area contributed by atoms with E-state index in [0.717, 1.165) is 9.58 Å². The third-order valence-electron chi connectivity index (χ3n) is 5.23. The Morgan fingerprint density at radius 2 is 1.79 bits per heavy atom. The van der Waals surface area contributed by atoms with E-state index in [1.165, 1.54) is 6.92 Å². The van der Waals surface area contributed by atoms with E-state index in [2.05, 4.69) is 10.3 Å². The SMILES string of the molecule is CC(C(=O)OCn1nnc2ccccc2c1=O)N1C(=O)C2CC=CCC2C1=O. The van der Waals surface area contributed by atoms with E-state index >= 15 is 0 Å². The van der Waals surface area contributed by atoms with Crippen molar-refractivity contribution >= 4 is 28.7 Å². The number of aromatic nitrogens is 3. The summed E-state index contributed by atoms with van der Waals surface area (Å²) < 4.78 is 6.06. The average Bonchev–Trinajstić information content (AvgIpc) is 2.97. The molecule has 0 radical (unpaired) electrons. The summed E-state index contributed by atoms with van der Waals surface area (Å²) in [5, 5.41) is 8.01. The first-order valence-corrected chi connectivity index (χ1v) is 9.00. The highest BCUT2D eigenvalue weighted by atomic mass is 16.5. The van der Waals surface area contributed by atoms with E-state index < -0.39 is 36.1 Å². The summed E-state index contributed by atoms with van der Waals surface area (Å²) >= 11 is 0. The van der Waals surface area contributed by atoms with Gasteiger partial charge >= 0.3 is 5.97 Å². The molecule has 1 aliphatic carbocycles. The van der Waals surface area contributed by atoms with Crippen molar-refractivity contribution < 1.29 is 19.1 Å². The van der Waals surface area contributed by atoms with Crippen molar-refractivity contribution in [1.29, 1.82) is 0 Å². The first-order chi connectivity index (χ1) is 13.5. The van der Waals surface area contributed by atoms with Gasteiger partial charge in [0.1, 0.15) is 11.6 Å². The summed E-state index contributed by atoms with van der Waals surface area (Å²) in [4.78, 5) is 50.9. The second-order valence-corrected chi connectivity index (χ2v) is 6.88. The van der Waals surface area contributed by atoms with Gasteiger partial charge in [-0.15, -0.1) is 5.10 Å². The van der Waals surface area contributed by atoms with Crippen LogP contribution in [0.15, 0.2) is 41.2 Å². The van der Waals surface area contributed by atoms with Crippen LogP contribution in [0.4, 0.5) is 0 Å². The summed E-state index contributed by atoms with van der Waals surface area (Å²) in [5.41, 5.74) is -0.00982. The number of likely N-dealkylation sites (tertiary alicyclic amines) is 1. The lowest BCUT2D eigenvalue weighted by Crippen LogP contribution is -2.44. The van der Waals surface area contributed by atoms with Crippen molar-refractivity contribution in [2.45, 2.75) is 32.5 Å². The Morgan fingerprint density at radius 3 is 2.46 bits per heavy atom. The summed E-state index contributed by atoms with van der Waals surface area (Å²) in [7, 11) is 0. The van der Waals surface area contributed by atoms with Gasteiger partial charge in [-0.2, -0.15) is 4.68 Å². The highest BCUT2D eigenvalue weighted by Gasteiger charge is 2.50. The molecule has 4 rings (SSSR count). The van der Waals surface area contributed by atoms with Gasteiger partial charge in [-0.25, -0.2) is 4.79 Å². The largest absolute Gasteiger partial charge is 0.441 e. The maximum absolute atomic E-state index is 12.6. The van der Waals surface area contributed by atoms with Gasteiger partial charge in [0.05, 0.1) is 17.2 Å². The van der Waals surface area contributed by atoms with E-state index in [-0.39, 0.29) is 11.8 Å². The second kappa shape index (κ2) is 6.99. The van der Waals surface area contributed by atoms with E-state index in [0.29, 0.717) is 23.7 Å². The molecule has 1 aromatic carbocycles. The zero-order chi connectivity index (χ0) is 19.8. The Morgan fingerprint density at radius 1 is 1.14 bits per heavy atom. The number of imide groups is 1. The van der Waals surface area contributed by atoms with Crippen LogP contribution in [-0.4, -0.2) is 43.7 Å². The number of carbonyl (C=O) groups is 3. The van der Waals surface area contributed by atoms with Gasteiger partial charge in [-0.1, -0.05) is 29.5 Å². The molecule has 1 fully saturated rings. The molecule has 0 spiro atoms.